The minimum Gasteiger partial charge on any atom is -0.383 e. The lowest BCUT2D eigenvalue weighted by molar-refractivity contribution is 1.04. The summed E-state index contributed by atoms with van der Waals surface area (Å²) < 4.78 is 0.682. The van der Waals surface area contributed by atoms with E-state index in [1.165, 1.54) is 11.9 Å². The third kappa shape index (κ3) is 2.71. The average Bonchev–Trinajstić information content (AvgIpc) is 2.33. The summed E-state index contributed by atoms with van der Waals surface area (Å²) in [5.74, 6) is 1.10. The number of anilines is 2. The van der Waals surface area contributed by atoms with Gasteiger partial charge in [-0.1, -0.05) is 0 Å². The average molecular weight is 294 g/mol. The highest BCUT2D eigenvalue weighted by Gasteiger charge is 2.06. The predicted molar refractivity (Wildman–Crippen MR) is 70.4 cm³/mol. The van der Waals surface area contributed by atoms with Crippen LogP contribution in [-0.4, -0.2) is 15.0 Å². The number of nitrogen functional groups attached to an aromatic ring is 1. The van der Waals surface area contributed by atoms with E-state index in [1.54, 1.807) is 6.20 Å². The Morgan fingerprint density at radius 1 is 1.41 bits per heavy atom. The first kappa shape index (κ1) is 11.8. The maximum absolute atomic E-state index is 5.67. The first-order valence-corrected chi connectivity index (χ1v) is 5.87. The Bertz CT molecular complexity index is 529. The molecule has 6 heteroatoms. The first-order chi connectivity index (χ1) is 8.18. The largest absolute Gasteiger partial charge is 0.383 e. The van der Waals surface area contributed by atoms with Gasteiger partial charge in [0, 0.05) is 18.9 Å². The number of aromatic nitrogens is 3. The lowest BCUT2D eigenvalue weighted by Crippen LogP contribution is -2.05. The standard InChI is InChI=1S/C11H12BrN5/c1-7-2-3-14-4-8(7)5-15-11-9(12)10(13)16-6-17-11/h2-4,6H,5H2,1H3,(H3,13,15,16,17). The second kappa shape index (κ2) is 5.09. The quantitative estimate of drug-likeness (QED) is 0.907. The Morgan fingerprint density at radius 2 is 2.24 bits per heavy atom. The second-order valence-electron chi connectivity index (χ2n) is 3.58. The van der Waals surface area contributed by atoms with Gasteiger partial charge in [0.2, 0.25) is 0 Å². The van der Waals surface area contributed by atoms with Gasteiger partial charge in [-0.2, -0.15) is 0 Å². The Balaban J connectivity index is 2.13. The minimum atomic E-state index is 0.422. The van der Waals surface area contributed by atoms with E-state index in [-0.39, 0.29) is 0 Å². The van der Waals surface area contributed by atoms with Gasteiger partial charge < -0.3 is 11.1 Å². The highest BCUT2D eigenvalue weighted by molar-refractivity contribution is 9.10. The van der Waals surface area contributed by atoms with E-state index < -0.39 is 0 Å². The van der Waals surface area contributed by atoms with Crippen LogP contribution in [0, 0.1) is 6.92 Å². The van der Waals surface area contributed by atoms with E-state index in [0.717, 1.165) is 5.56 Å². The zero-order valence-corrected chi connectivity index (χ0v) is 10.9. The number of nitrogens with zero attached hydrogens (tertiary/aromatic N) is 3. The van der Waals surface area contributed by atoms with Gasteiger partial charge in [0.15, 0.2) is 0 Å². The third-order valence-corrected chi connectivity index (χ3v) is 3.19. The highest BCUT2D eigenvalue weighted by atomic mass is 79.9. The zero-order valence-electron chi connectivity index (χ0n) is 9.31. The van der Waals surface area contributed by atoms with Crippen molar-refractivity contribution in [1.82, 2.24) is 15.0 Å². The molecule has 2 aromatic heterocycles. The number of pyridine rings is 1. The van der Waals surface area contributed by atoms with E-state index >= 15 is 0 Å². The van der Waals surface area contributed by atoms with E-state index in [1.807, 2.05) is 19.2 Å². The molecule has 0 spiro atoms. The third-order valence-electron chi connectivity index (χ3n) is 2.41. The van der Waals surface area contributed by atoms with Crippen molar-refractivity contribution < 1.29 is 0 Å². The molecular formula is C11H12BrN5. The van der Waals surface area contributed by atoms with Crippen molar-refractivity contribution in [3.05, 3.63) is 40.4 Å². The molecule has 0 atom stereocenters. The van der Waals surface area contributed by atoms with Gasteiger partial charge in [-0.15, -0.1) is 0 Å². The van der Waals surface area contributed by atoms with Crippen LogP contribution in [0.3, 0.4) is 0 Å². The minimum absolute atomic E-state index is 0.422. The van der Waals surface area contributed by atoms with Crippen LogP contribution in [0.2, 0.25) is 0 Å². The molecule has 0 saturated carbocycles. The Morgan fingerprint density at radius 3 is 3.00 bits per heavy atom. The second-order valence-corrected chi connectivity index (χ2v) is 4.37. The molecule has 0 aliphatic carbocycles. The van der Waals surface area contributed by atoms with Gasteiger partial charge in [0.25, 0.3) is 0 Å². The first-order valence-electron chi connectivity index (χ1n) is 5.08. The molecule has 2 aromatic rings. The summed E-state index contributed by atoms with van der Waals surface area (Å²) in [6.07, 6.45) is 5.04. The number of rotatable bonds is 3. The van der Waals surface area contributed by atoms with Crippen LogP contribution in [0.5, 0.6) is 0 Å². The number of halogens is 1. The number of hydrogen-bond acceptors (Lipinski definition) is 5. The number of aryl methyl sites for hydroxylation is 1. The van der Waals surface area contributed by atoms with Crippen LogP contribution >= 0.6 is 15.9 Å². The molecule has 3 N–H and O–H groups in total. The van der Waals surface area contributed by atoms with Gasteiger partial charge in [0.1, 0.15) is 22.4 Å². The van der Waals surface area contributed by atoms with Crippen LogP contribution in [0.4, 0.5) is 11.6 Å². The monoisotopic (exact) mass is 293 g/mol. The van der Waals surface area contributed by atoms with Crippen molar-refractivity contribution >= 4 is 27.6 Å². The van der Waals surface area contributed by atoms with Crippen molar-refractivity contribution in [3.63, 3.8) is 0 Å². The van der Waals surface area contributed by atoms with Crippen molar-refractivity contribution in [2.45, 2.75) is 13.5 Å². The summed E-state index contributed by atoms with van der Waals surface area (Å²) in [5.41, 5.74) is 7.98. The number of hydrogen-bond donors (Lipinski definition) is 2. The van der Waals surface area contributed by atoms with Gasteiger partial charge in [-0.25, -0.2) is 9.97 Å². The molecule has 0 unspecified atom stereocenters. The summed E-state index contributed by atoms with van der Waals surface area (Å²) in [7, 11) is 0. The van der Waals surface area contributed by atoms with Crippen LogP contribution in [0.1, 0.15) is 11.1 Å². The van der Waals surface area contributed by atoms with Crippen LogP contribution in [-0.2, 0) is 6.54 Å². The molecule has 0 bridgehead atoms. The molecule has 0 fully saturated rings. The predicted octanol–water partition coefficient (Wildman–Crippen LogP) is 2.14. The Kier molecular flexibility index (Phi) is 3.53. The lowest BCUT2D eigenvalue weighted by atomic mass is 10.1. The molecule has 0 radical (unpaired) electrons. The van der Waals surface area contributed by atoms with E-state index in [9.17, 15) is 0 Å². The summed E-state index contributed by atoms with van der Waals surface area (Å²) in [6, 6.07) is 1.97. The molecule has 88 valence electrons. The molecule has 0 aromatic carbocycles. The fourth-order valence-corrected chi connectivity index (χ4v) is 1.71. The van der Waals surface area contributed by atoms with E-state index in [0.29, 0.717) is 22.7 Å². The van der Waals surface area contributed by atoms with Gasteiger partial charge in [-0.05, 0) is 40.0 Å². The lowest BCUT2D eigenvalue weighted by Gasteiger charge is -2.09. The maximum Gasteiger partial charge on any atom is 0.146 e. The molecule has 17 heavy (non-hydrogen) atoms. The smallest absolute Gasteiger partial charge is 0.146 e. The molecule has 2 rings (SSSR count). The fourth-order valence-electron chi connectivity index (χ4n) is 1.37. The summed E-state index contributed by atoms with van der Waals surface area (Å²) in [4.78, 5) is 12.1. The van der Waals surface area contributed by atoms with Crippen LogP contribution in [0.15, 0.2) is 29.3 Å². The van der Waals surface area contributed by atoms with Gasteiger partial charge >= 0.3 is 0 Å². The molecule has 2 heterocycles. The van der Waals surface area contributed by atoms with E-state index in [2.05, 4.69) is 36.2 Å². The SMILES string of the molecule is Cc1ccncc1CNc1ncnc(N)c1Br. The normalized spacial score (nSPS) is 10.2. The van der Waals surface area contributed by atoms with Crippen molar-refractivity contribution in [2.75, 3.05) is 11.1 Å². The van der Waals surface area contributed by atoms with E-state index in [4.69, 9.17) is 5.73 Å². The zero-order chi connectivity index (χ0) is 12.3. The Labute approximate surface area is 108 Å². The highest BCUT2D eigenvalue weighted by Crippen LogP contribution is 2.24. The topological polar surface area (TPSA) is 76.7 Å². The van der Waals surface area contributed by atoms with Crippen molar-refractivity contribution in [3.8, 4) is 0 Å². The van der Waals surface area contributed by atoms with Crippen molar-refractivity contribution in [1.29, 1.82) is 0 Å². The summed E-state index contributed by atoms with van der Waals surface area (Å²) >= 11 is 3.34. The number of nitrogens with two attached hydrogens (primary N) is 1. The van der Waals surface area contributed by atoms with Crippen molar-refractivity contribution in [2.24, 2.45) is 0 Å². The molecule has 0 aliphatic heterocycles. The molecule has 0 aliphatic rings. The molecule has 0 amide bonds. The van der Waals surface area contributed by atoms with Crippen LogP contribution < -0.4 is 11.1 Å². The van der Waals surface area contributed by atoms with Crippen LogP contribution in [0.25, 0.3) is 0 Å². The molecule has 5 nitrogen and oxygen atoms in total. The van der Waals surface area contributed by atoms with Gasteiger partial charge in [-0.3, -0.25) is 4.98 Å². The maximum atomic E-state index is 5.67. The molecule has 0 saturated heterocycles. The number of nitrogens with one attached hydrogen (secondary N) is 1. The summed E-state index contributed by atoms with van der Waals surface area (Å²) in [5, 5.41) is 3.19. The van der Waals surface area contributed by atoms with Gasteiger partial charge in [0.05, 0.1) is 0 Å². The fraction of sp³-hybridized carbons (Fsp3) is 0.182. The molecular weight excluding hydrogens is 282 g/mol. The summed E-state index contributed by atoms with van der Waals surface area (Å²) in [6.45, 7) is 2.69. The Hall–Kier alpha value is -1.69.